The Morgan fingerprint density at radius 1 is 1.16 bits per heavy atom. The molecule has 2 aliphatic rings. The van der Waals surface area contributed by atoms with Crippen LogP contribution in [0.4, 0.5) is 0 Å². The molecule has 0 spiro atoms. The molecule has 1 aromatic heterocycles. The molecule has 0 saturated carbocycles. The molecule has 1 saturated heterocycles. The molecule has 0 radical (unpaired) electrons. The Balaban J connectivity index is 1.77. The van der Waals surface area contributed by atoms with Gasteiger partial charge < -0.3 is 9.47 Å². The molecule has 1 unspecified atom stereocenters. The minimum atomic E-state index is -0.0903. The highest BCUT2D eigenvalue weighted by Gasteiger charge is 2.26. The first-order chi connectivity index (χ1) is 9.27. The van der Waals surface area contributed by atoms with Gasteiger partial charge in [0.25, 0.3) is 0 Å². The van der Waals surface area contributed by atoms with Crippen molar-refractivity contribution in [3.05, 3.63) is 17.7 Å². The number of imidazole rings is 1. The zero-order valence-electron chi connectivity index (χ0n) is 11.8. The lowest BCUT2D eigenvalue weighted by Gasteiger charge is -2.30. The monoisotopic (exact) mass is 261 g/mol. The van der Waals surface area contributed by atoms with Gasteiger partial charge >= 0.3 is 0 Å². The number of nitrogens with zero attached hydrogens (tertiary/aromatic N) is 3. The molecule has 0 aromatic carbocycles. The molecule has 1 fully saturated rings. The van der Waals surface area contributed by atoms with Crippen molar-refractivity contribution < 1.29 is 4.79 Å². The second-order valence-corrected chi connectivity index (χ2v) is 5.81. The lowest BCUT2D eigenvalue weighted by atomic mass is 10.0. The van der Waals surface area contributed by atoms with Gasteiger partial charge in [-0.3, -0.25) is 4.79 Å². The van der Waals surface area contributed by atoms with Crippen LogP contribution in [-0.2, 0) is 17.6 Å². The highest BCUT2D eigenvalue weighted by molar-refractivity contribution is 5.80. The molecule has 0 bridgehead atoms. The number of carbonyl (C=O) groups excluding carboxylic acids is 1. The third-order valence-electron chi connectivity index (χ3n) is 4.50. The maximum absolute atomic E-state index is 12.6. The number of amides is 1. The number of aromatic nitrogens is 2. The minimum absolute atomic E-state index is 0.0903. The standard InChI is InChI=1S/C15H23N3O/c1-12(15(19)17-9-5-2-6-10-17)18-11-16-13-7-3-4-8-14(13)18/h11-12H,2-10H2,1H3. The van der Waals surface area contributed by atoms with Gasteiger partial charge in [0.1, 0.15) is 6.04 Å². The molecular weight excluding hydrogens is 238 g/mol. The predicted octanol–water partition coefficient (Wildman–Crippen LogP) is 2.34. The van der Waals surface area contributed by atoms with Gasteiger partial charge in [-0.25, -0.2) is 4.98 Å². The maximum Gasteiger partial charge on any atom is 0.245 e. The van der Waals surface area contributed by atoms with Crippen molar-refractivity contribution in [2.75, 3.05) is 13.1 Å². The van der Waals surface area contributed by atoms with Crippen LogP contribution in [0.3, 0.4) is 0 Å². The predicted molar refractivity (Wildman–Crippen MR) is 74.0 cm³/mol. The Labute approximate surface area is 114 Å². The summed E-state index contributed by atoms with van der Waals surface area (Å²) in [4.78, 5) is 19.1. The number of likely N-dealkylation sites (tertiary alicyclic amines) is 1. The van der Waals surface area contributed by atoms with E-state index < -0.39 is 0 Å². The fourth-order valence-electron chi connectivity index (χ4n) is 3.32. The van der Waals surface area contributed by atoms with Crippen LogP contribution in [0.15, 0.2) is 6.33 Å². The number of piperidine rings is 1. The molecule has 1 amide bonds. The lowest BCUT2D eigenvalue weighted by molar-refractivity contribution is -0.135. The number of rotatable bonds is 2. The van der Waals surface area contributed by atoms with Crippen LogP contribution in [0.1, 0.15) is 56.5 Å². The van der Waals surface area contributed by atoms with Gasteiger partial charge in [0.15, 0.2) is 0 Å². The van der Waals surface area contributed by atoms with E-state index in [-0.39, 0.29) is 11.9 Å². The molecular formula is C15H23N3O. The SMILES string of the molecule is CC(C(=O)N1CCCCC1)n1cnc2c1CCCC2. The van der Waals surface area contributed by atoms with Crippen molar-refractivity contribution in [1.82, 2.24) is 14.5 Å². The Morgan fingerprint density at radius 3 is 2.68 bits per heavy atom. The summed E-state index contributed by atoms with van der Waals surface area (Å²) in [5.41, 5.74) is 2.51. The van der Waals surface area contributed by atoms with Gasteiger partial charge in [0.2, 0.25) is 5.91 Å². The van der Waals surface area contributed by atoms with E-state index in [9.17, 15) is 4.79 Å². The molecule has 19 heavy (non-hydrogen) atoms. The molecule has 4 nitrogen and oxygen atoms in total. The summed E-state index contributed by atoms with van der Waals surface area (Å²) >= 11 is 0. The third-order valence-corrected chi connectivity index (χ3v) is 4.50. The highest BCUT2D eigenvalue weighted by atomic mass is 16.2. The lowest BCUT2D eigenvalue weighted by Crippen LogP contribution is -2.40. The van der Waals surface area contributed by atoms with Crippen LogP contribution in [0, 0.1) is 0 Å². The number of aryl methyl sites for hydroxylation is 1. The Morgan fingerprint density at radius 2 is 1.89 bits per heavy atom. The van der Waals surface area contributed by atoms with E-state index in [1.54, 1.807) is 0 Å². The first kappa shape index (κ1) is 12.7. The van der Waals surface area contributed by atoms with E-state index in [1.165, 1.54) is 30.7 Å². The van der Waals surface area contributed by atoms with Crippen molar-refractivity contribution in [3.63, 3.8) is 0 Å². The molecule has 1 atom stereocenters. The molecule has 104 valence electrons. The molecule has 3 rings (SSSR count). The maximum atomic E-state index is 12.6. The zero-order chi connectivity index (χ0) is 13.2. The fraction of sp³-hybridized carbons (Fsp3) is 0.733. The van der Waals surface area contributed by atoms with E-state index in [0.717, 1.165) is 38.8 Å². The first-order valence-corrected chi connectivity index (χ1v) is 7.61. The van der Waals surface area contributed by atoms with E-state index in [4.69, 9.17) is 0 Å². The summed E-state index contributed by atoms with van der Waals surface area (Å²) in [7, 11) is 0. The second-order valence-electron chi connectivity index (χ2n) is 5.81. The molecule has 2 heterocycles. The van der Waals surface area contributed by atoms with Crippen molar-refractivity contribution in [2.24, 2.45) is 0 Å². The average molecular weight is 261 g/mol. The Bertz CT molecular complexity index is 460. The number of carbonyl (C=O) groups is 1. The van der Waals surface area contributed by atoms with E-state index in [0.29, 0.717) is 0 Å². The van der Waals surface area contributed by atoms with Crippen LogP contribution >= 0.6 is 0 Å². The summed E-state index contributed by atoms with van der Waals surface area (Å²) in [5, 5.41) is 0. The normalized spacial score (nSPS) is 21.0. The van der Waals surface area contributed by atoms with Gasteiger partial charge in [0.05, 0.1) is 12.0 Å². The summed E-state index contributed by atoms with van der Waals surface area (Å²) in [6, 6.07) is -0.0903. The Hall–Kier alpha value is -1.32. The van der Waals surface area contributed by atoms with Crippen LogP contribution < -0.4 is 0 Å². The molecule has 4 heteroatoms. The van der Waals surface area contributed by atoms with E-state index >= 15 is 0 Å². The van der Waals surface area contributed by atoms with Crippen LogP contribution in [0.2, 0.25) is 0 Å². The first-order valence-electron chi connectivity index (χ1n) is 7.61. The molecule has 0 N–H and O–H groups in total. The Kier molecular flexibility index (Phi) is 3.58. The van der Waals surface area contributed by atoms with Crippen molar-refractivity contribution in [2.45, 2.75) is 57.9 Å². The largest absolute Gasteiger partial charge is 0.341 e. The molecule has 1 aromatic rings. The molecule has 1 aliphatic heterocycles. The van der Waals surface area contributed by atoms with Gasteiger partial charge in [-0.05, 0) is 51.9 Å². The van der Waals surface area contributed by atoms with Crippen molar-refractivity contribution in [3.8, 4) is 0 Å². The van der Waals surface area contributed by atoms with Crippen molar-refractivity contribution >= 4 is 5.91 Å². The summed E-state index contributed by atoms with van der Waals surface area (Å²) in [6.07, 6.45) is 10.1. The number of hydrogen-bond acceptors (Lipinski definition) is 2. The quantitative estimate of drug-likeness (QED) is 0.819. The van der Waals surface area contributed by atoms with E-state index in [1.807, 2.05) is 18.2 Å². The van der Waals surface area contributed by atoms with E-state index in [2.05, 4.69) is 9.55 Å². The number of fused-ring (bicyclic) bond motifs is 1. The summed E-state index contributed by atoms with van der Waals surface area (Å²) in [5.74, 6) is 0.269. The number of hydrogen-bond donors (Lipinski definition) is 0. The topological polar surface area (TPSA) is 38.1 Å². The van der Waals surface area contributed by atoms with Crippen LogP contribution in [0.25, 0.3) is 0 Å². The smallest absolute Gasteiger partial charge is 0.245 e. The summed E-state index contributed by atoms with van der Waals surface area (Å²) < 4.78 is 2.12. The van der Waals surface area contributed by atoms with Crippen LogP contribution in [-0.4, -0.2) is 33.4 Å². The second kappa shape index (κ2) is 5.35. The minimum Gasteiger partial charge on any atom is -0.341 e. The van der Waals surface area contributed by atoms with Gasteiger partial charge in [-0.2, -0.15) is 0 Å². The van der Waals surface area contributed by atoms with Gasteiger partial charge in [-0.15, -0.1) is 0 Å². The highest BCUT2D eigenvalue weighted by Crippen LogP contribution is 2.24. The zero-order valence-corrected chi connectivity index (χ0v) is 11.8. The molecule has 1 aliphatic carbocycles. The third kappa shape index (κ3) is 2.40. The van der Waals surface area contributed by atoms with Crippen molar-refractivity contribution in [1.29, 1.82) is 0 Å². The van der Waals surface area contributed by atoms with Crippen LogP contribution in [0.5, 0.6) is 0 Å². The van der Waals surface area contributed by atoms with Gasteiger partial charge in [-0.1, -0.05) is 0 Å². The fourth-order valence-corrected chi connectivity index (χ4v) is 3.32. The van der Waals surface area contributed by atoms with Gasteiger partial charge in [0, 0.05) is 18.8 Å². The summed E-state index contributed by atoms with van der Waals surface area (Å²) in [6.45, 7) is 3.88. The average Bonchev–Trinajstić information content (AvgIpc) is 2.90.